The maximum Gasteiger partial charge on any atom is 0.410 e. The quantitative estimate of drug-likeness (QED) is 0.708. The van der Waals surface area contributed by atoms with Gasteiger partial charge < -0.3 is 19.3 Å². The first-order valence-corrected chi connectivity index (χ1v) is 11.3. The molecule has 3 rings (SSSR count). The molecule has 31 heavy (non-hydrogen) atoms. The standard InChI is InChI=1S/C24H37N3O4/c1-17-19(21(28)26(5)6)7-8-20(25-17)30-18-9-11-24(12-10-18)13-15-27(16-14-24)22(29)31-23(2,3)4/h7-8,18H,9-16H2,1-6H3. The summed E-state index contributed by atoms with van der Waals surface area (Å²) in [6, 6.07) is 3.60. The molecule has 0 aromatic carbocycles. The average molecular weight is 432 g/mol. The van der Waals surface area contributed by atoms with Crippen LogP contribution in [0.4, 0.5) is 4.79 Å². The molecule has 1 aliphatic carbocycles. The Balaban J connectivity index is 1.50. The van der Waals surface area contributed by atoms with Gasteiger partial charge in [0.05, 0.1) is 11.3 Å². The number of pyridine rings is 1. The van der Waals surface area contributed by atoms with Crippen LogP contribution in [0.15, 0.2) is 12.1 Å². The molecule has 2 amide bonds. The molecule has 2 aliphatic rings. The molecular weight excluding hydrogens is 394 g/mol. The summed E-state index contributed by atoms with van der Waals surface area (Å²) < 4.78 is 11.7. The lowest BCUT2D eigenvalue weighted by molar-refractivity contribution is -0.00508. The Morgan fingerprint density at radius 1 is 1.10 bits per heavy atom. The molecule has 2 fully saturated rings. The van der Waals surface area contributed by atoms with Gasteiger partial charge in [0.25, 0.3) is 5.91 Å². The summed E-state index contributed by atoms with van der Waals surface area (Å²) in [4.78, 5) is 32.4. The summed E-state index contributed by atoms with van der Waals surface area (Å²) in [6.07, 6.45) is 6.20. The molecule has 1 saturated carbocycles. The van der Waals surface area contributed by atoms with Gasteiger partial charge in [-0.2, -0.15) is 0 Å². The Labute approximate surface area is 186 Å². The van der Waals surface area contributed by atoms with Crippen molar-refractivity contribution in [3.05, 3.63) is 23.4 Å². The van der Waals surface area contributed by atoms with Gasteiger partial charge in [-0.15, -0.1) is 0 Å². The Morgan fingerprint density at radius 2 is 1.71 bits per heavy atom. The van der Waals surface area contributed by atoms with Gasteiger partial charge in [-0.25, -0.2) is 9.78 Å². The lowest BCUT2D eigenvalue weighted by Gasteiger charge is -2.45. The van der Waals surface area contributed by atoms with Gasteiger partial charge in [-0.3, -0.25) is 4.79 Å². The van der Waals surface area contributed by atoms with Crippen molar-refractivity contribution in [2.24, 2.45) is 5.41 Å². The molecule has 1 aliphatic heterocycles. The van der Waals surface area contributed by atoms with Crippen molar-refractivity contribution in [1.29, 1.82) is 0 Å². The maximum absolute atomic E-state index is 12.3. The third-order valence-corrected chi connectivity index (χ3v) is 6.45. The zero-order valence-electron chi connectivity index (χ0n) is 19.9. The fourth-order valence-electron chi connectivity index (χ4n) is 4.55. The van der Waals surface area contributed by atoms with Crippen molar-refractivity contribution in [2.45, 2.75) is 77.9 Å². The molecular formula is C24H37N3O4. The first-order valence-electron chi connectivity index (χ1n) is 11.3. The van der Waals surface area contributed by atoms with E-state index in [0.717, 1.165) is 51.6 Å². The van der Waals surface area contributed by atoms with E-state index in [2.05, 4.69) is 4.98 Å². The molecule has 0 unspecified atom stereocenters. The number of amides is 2. The predicted molar refractivity (Wildman–Crippen MR) is 119 cm³/mol. The van der Waals surface area contributed by atoms with Crippen LogP contribution in [0.1, 0.15) is 75.3 Å². The van der Waals surface area contributed by atoms with E-state index in [0.29, 0.717) is 22.6 Å². The lowest BCUT2D eigenvalue weighted by atomic mass is 9.67. The summed E-state index contributed by atoms with van der Waals surface area (Å²) in [6.45, 7) is 9.09. The summed E-state index contributed by atoms with van der Waals surface area (Å²) in [5.41, 5.74) is 1.16. The number of aromatic nitrogens is 1. The van der Waals surface area contributed by atoms with Crippen LogP contribution < -0.4 is 4.74 Å². The fraction of sp³-hybridized carbons (Fsp3) is 0.708. The molecule has 1 spiro atoms. The van der Waals surface area contributed by atoms with Crippen molar-refractivity contribution in [3.8, 4) is 5.88 Å². The second kappa shape index (κ2) is 9.05. The van der Waals surface area contributed by atoms with Crippen molar-refractivity contribution in [1.82, 2.24) is 14.8 Å². The predicted octanol–water partition coefficient (Wildman–Crippen LogP) is 4.43. The molecule has 7 heteroatoms. The minimum Gasteiger partial charge on any atom is -0.474 e. The van der Waals surface area contributed by atoms with E-state index in [1.165, 1.54) is 0 Å². The normalized spacial score (nSPS) is 19.2. The molecule has 0 atom stereocenters. The van der Waals surface area contributed by atoms with Crippen LogP contribution >= 0.6 is 0 Å². The summed E-state index contributed by atoms with van der Waals surface area (Å²) in [5, 5.41) is 0. The molecule has 1 aromatic heterocycles. The molecule has 7 nitrogen and oxygen atoms in total. The van der Waals surface area contributed by atoms with Crippen LogP contribution in [0.5, 0.6) is 5.88 Å². The Kier molecular flexibility index (Phi) is 6.82. The average Bonchev–Trinajstić information content (AvgIpc) is 2.69. The second-order valence-electron chi connectivity index (χ2n) is 10.3. The van der Waals surface area contributed by atoms with Crippen LogP contribution in [-0.4, -0.2) is 65.7 Å². The van der Waals surface area contributed by atoms with Crippen LogP contribution in [0, 0.1) is 12.3 Å². The number of hydrogen-bond donors (Lipinski definition) is 0. The first kappa shape index (κ1) is 23.4. The Hall–Kier alpha value is -2.31. The number of nitrogens with zero attached hydrogens (tertiary/aromatic N) is 3. The molecule has 0 N–H and O–H groups in total. The largest absolute Gasteiger partial charge is 0.474 e. The molecule has 0 radical (unpaired) electrons. The fourth-order valence-corrected chi connectivity index (χ4v) is 4.55. The number of hydrogen-bond acceptors (Lipinski definition) is 5. The van der Waals surface area contributed by atoms with Crippen molar-refractivity contribution in [2.75, 3.05) is 27.2 Å². The SMILES string of the molecule is Cc1nc(OC2CCC3(CC2)CCN(C(=O)OC(C)(C)C)CC3)ccc1C(=O)N(C)C. The molecule has 2 heterocycles. The van der Waals surface area contributed by atoms with Gasteiger partial charge in [0, 0.05) is 33.3 Å². The van der Waals surface area contributed by atoms with Gasteiger partial charge in [-0.1, -0.05) is 0 Å². The van der Waals surface area contributed by atoms with Gasteiger partial charge in [0.2, 0.25) is 5.88 Å². The number of aryl methyl sites for hydroxylation is 1. The highest BCUT2D eigenvalue weighted by Crippen LogP contribution is 2.45. The van der Waals surface area contributed by atoms with Gasteiger partial charge >= 0.3 is 6.09 Å². The summed E-state index contributed by atoms with van der Waals surface area (Å²) in [5.74, 6) is 0.544. The zero-order valence-corrected chi connectivity index (χ0v) is 19.9. The molecule has 0 bridgehead atoms. The van der Waals surface area contributed by atoms with E-state index in [9.17, 15) is 9.59 Å². The molecule has 172 valence electrons. The summed E-state index contributed by atoms with van der Waals surface area (Å²) >= 11 is 0. The minimum atomic E-state index is -0.452. The number of carbonyl (C=O) groups excluding carboxylic acids is 2. The lowest BCUT2D eigenvalue weighted by Crippen LogP contribution is -2.46. The highest BCUT2D eigenvalue weighted by atomic mass is 16.6. The van der Waals surface area contributed by atoms with E-state index < -0.39 is 5.60 Å². The number of ether oxygens (including phenoxy) is 2. The van der Waals surface area contributed by atoms with Gasteiger partial charge in [-0.05, 0) is 77.7 Å². The van der Waals surface area contributed by atoms with Crippen LogP contribution in [0.25, 0.3) is 0 Å². The van der Waals surface area contributed by atoms with E-state index in [1.54, 1.807) is 31.1 Å². The number of piperidine rings is 1. The van der Waals surface area contributed by atoms with Crippen molar-refractivity contribution in [3.63, 3.8) is 0 Å². The van der Waals surface area contributed by atoms with E-state index in [-0.39, 0.29) is 18.1 Å². The number of likely N-dealkylation sites (tertiary alicyclic amines) is 1. The number of carbonyl (C=O) groups is 2. The topological polar surface area (TPSA) is 72.0 Å². The molecule has 1 aromatic rings. The van der Waals surface area contributed by atoms with Crippen LogP contribution in [-0.2, 0) is 4.74 Å². The third kappa shape index (κ3) is 5.89. The van der Waals surface area contributed by atoms with Crippen molar-refractivity contribution < 1.29 is 19.1 Å². The Morgan fingerprint density at radius 3 is 2.23 bits per heavy atom. The highest BCUT2D eigenvalue weighted by Gasteiger charge is 2.40. The smallest absolute Gasteiger partial charge is 0.410 e. The van der Waals surface area contributed by atoms with E-state index in [4.69, 9.17) is 9.47 Å². The Bertz CT molecular complexity index is 798. The number of rotatable bonds is 3. The van der Waals surface area contributed by atoms with Crippen LogP contribution in [0.2, 0.25) is 0 Å². The van der Waals surface area contributed by atoms with Crippen molar-refractivity contribution >= 4 is 12.0 Å². The maximum atomic E-state index is 12.3. The summed E-state index contributed by atoms with van der Waals surface area (Å²) in [7, 11) is 3.48. The first-order chi connectivity index (χ1) is 14.5. The van der Waals surface area contributed by atoms with E-state index >= 15 is 0 Å². The second-order valence-corrected chi connectivity index (χ2v) is 10.3. The molecule has 1 saturated heterocycles. The zero-order chi connectivity index (χ0) is 22.8. The monoisotopic (exact) mass is 431 g/mol. The van der Waals surface area contributed by atoms with Crippen LogP contribution in [0.3, 0.4) is 0 Å². The van der Waals surface area contributed by atoms with Gasteiger partial charge in [0.1, 0.15) is 11.7 Å². The highest BCUT2D eigenvalue weighted by molar-refractivity contribution is 5.94. The van der Waals surface area contributed by atoms with E-state index in [1.807, 2.05) is 32.6 Å². The third-order valence-electron chi connectivity index (χ3n) is 6.45. The minimum absolute atomic E-state index is 0.0473. The van der Waals surface area contributed by atoms with Gasteiger partial charge in [0.15, 0.2) is 0 Å².